The highest BCUT2D eigenvalue weighted by atomic mass is 16.6. The molecule has 0 aliphatic rings. The van der Waals surface area contributed by atoms with Crippen molar-refractivity contribution >= 4 is 17.9 Å². The standard InChI is InChI=1S/C75H140O6/c1-4-7-10-13-16-19-22-25-28-31-33-35-36-37-38-40-41-44-47-50-53-56-59-62-65-68-74(77)80-71-72(70-79-73(76)67-64-61-58-55-52-49-46-43-30-27-24-21-18-15-12-9-6-3)81-75(78)69-66-63-60-57-54-51-48-45-42-39-34-32-29-26-23-20-17-14-11-8-5-2/h27,30-34,72H,4-26,28-29,35-71H2,1-3H3/b30-27-,33-31-,34-32-. The van der Waals surface area contributed by atoms with Crippen LogP contribution in [0.1, 0.15) is 406 Å². The number of unbranched alkanes of at least 4 members (excludes halogenated alkanes) is 51. The van der Waals surface area contributed by atoms with Crippen molar-refractivity contribution in [3.63, 3.8) is 0 Å². The van der Waals surface area contributed by atoms with Gasteiger partial charge in [0.25, 0.3) is 0 Å². The predicted octanol–water partition coefficient (Wildman–Crippen LogP) is 25.1. The lowest BCUT2D eigenvalue weighted by molar-refractivity contribution is -0.167. The van der Waals surface area contributed by atoms with Crippen molar-refractivity contribution in [2.45, 2.75) is 412 Å². The third kappa shape index (κ3) is 68.3. The minimum Gasteiger partial charge on any atom is -0.462 e. The van der Waals surface area contributed by atoms with Gasteiger partial charge in [-0.15, -0.1) is 0 Å². The maximum Gasteiger partial charge on any atom is 0.306 e. The number of esters is 3. The van der Waals surface area contributed by atoms with E-state index in [4.69, 9.17) is 14.2 Å². The Morgan fingerprint density at radius 3 is 0.617 bits per heavy atom. The van der Waals surface area contributed by atoms with Crippen LogP contribution in [0.4, 0.5) is 0 Å². The molecule has 1 atom stereocenters. The van der Waals surface area contributed by atoms with Gasteiger partial charge in [-0.05, 0) is 96.3 Å². The summed E-state index contributed by atoms with van der Waals surface area (Å²) in [6.07, 6.45) is 87.4. The van der Waals surface area contributed by atoms with E-state index in [0.717, 1.165) is 57.8 Å². The molecule has 0 amide bonds. The fraction of sp³-hybridized carbons (Fsp3) is 0.880. The van der Waals surface area contributed by atoms with E-state index in [1.54, 1.807) is 0 Å². The zero-order valence-electron chi connectivity index (χ0n) is 54.8. The average Bonchev–Trinajstić information content (AvgIpc) is 3.47. The molecular formula is C75H140O6. The van der Waals surface area contributed by atoms with Gasteiger partial charge in [-0.2, -0.15) is 0 Å². The topological polar surface area (TPSA) is 78.9 Å². The van der Waals surface area contributed by atoms with Crippen LogP contribution in [0.2, 0.25) is 0 Å². The van der Waals surface area contributed by atoms with Gasteiger partial charge >= 0.3 is 17.9 Å². The maximum atomic E-state index is 13.0. The summed E-state index contributed by atoms with van der Waals surface area (Å²) in [6, 6.07) is 0. The zero-order chi connectivity index (χ0) is 58.5. The van der Waals surface area contributed by atoms with Crippen LogP contribution in [-0.4, -0.2) is 37.2 Å². The molecule has 0 saturated carbocycles. The van der Waals surface area contributed by atoms with Gasteiger partial charge in [-0.25, -0.2) is 0 Å². The first-order valence-corrected chi connectivity index (χ1v) is 36.5. The van der Waals surface area contributed by atoms with Crippen LogP contribution in [0.3, 0.4) is 0 Å². The molecular weight excluding hydrogens is 997 g/mol. The smallest absolute Gasteiger partial charge is 0.306 e. The third-order valence-corrected chi connectivity index (χ3v) is 16.6. The Labute approximate surface area is 506 Å². The monoisotopic (exact) mass is 1140 g/mol. The highest BCUT2D eigenvalue weighted by Gasteiger charge is 2.19. The second-order valence-corrected chi connectivity index (χ2v) is 24.8. The Kier molecular flexibility index (Phi) is 68.1. The molecule has 0 aliphatic carbocycles. The summed E-state index contributed by atoms with van der Waals surface area (Å²) in [5, 5.41) is 0. The fourth-order valence-electron chi connectivity index (χ4n) is 11.1. The first-order chi connectivity index (χ1) is 40.0. The summed E-state index contributed by atoms with van der Waals surface area (Å²) in [7, 11) is 0. The molecule has 0 fully saturated rings. The molecule has 0 saturated heterocycles. The Bertz CT molecular complexity index is 1350. The predicted molar refractivity (Wildman–Crippen MR) is 353 cm³/mol. The average molecular weight is 1140 g/mol. The summed E-state index contributed by atoms with van der Waals surface area (Å²) >= 11 is 0. The van der Waals surface area contributed by atoms with Crippen molar-refractivity contribution in [3.05, 3.63) is 36.5 Å². The van der Waals surface area contributed by atoms with Crippen molar-refractivity contribution in [1.82, 2.24) is 0 Å². The lowest BCUT2D eigenvalue weighted by atomic mass is 10.0. The van der Waals surface area contributed by atoms with Gasteiger partial charge in [-0.1, -0.05) is 327 Å². The highest BCUT2D eigenvalue weighted by molar-refractivity contribution is 5.71. The summed E-state index contributed by atoms with van der Waals surface area (Å²) in [5.74, 6) is -0.847. The number of hydrogen-bond donors (Lipinski definition) is 0. The molecule has 1 unspecified atom stereocenters. The molecule has 0 aliphatic heterocycles. The van der Waals surface area contributed by atoms with Crippen LogP contribution in [0, 0.1) is 0 Å². The zero-order valence-corrected chi connectivity index (χ0v) is 54.8. The van der Waals surface area contributed by atoms with Gasteiger partial charge in [0.2, 0.25) is 0 Å². The van der Waals surface area contributed by atoms with Crippen molar-refractivity contribution in [2.24, 2.45) is 0 Å². The van der Waals surface area contributed by atoms with Gasteiger partial charge in [0.05, 0.1) is 0 Å². The van der Waals surface area contributed by atoms with Crippen molar-refractivity contribution in [1.29, 1.82) is 0 Å². The third-order valence-electron chi connectivity index (χ3n) is 16.6. The van der Waals surface area contributed by atoms with Crippen molar-refractivity contribution in [2.75, 3.05) is 13.2 Å². The van der Waals surface area contributed by atoms with Crippen LogP contribution in [0.5, 0.6) is 0 Å². The second-order valence-electron chi connectivity index (χ2n) is 24.8. The Morgan fingerprint density at radius 1 is 0.235 bits per heavy atom. The van der Waals surface area contributed by atoms with Crippen LogP contribution in [-0.2, 0) is 28.6 Å². The molecule has 0 aromatic heterocycles. The van der Waals surface area contributed by atoms with E-state index in [1.807, 2.05) is 0 Å². The minimum absolute atomic E-state index is 0.0703. The number of rotatable bonds is 68. The molecule has 0 aromatic rings. The maximum absolute atomic E-state index is 13.0. The van der Waals surface area contributed by atoms with Crippen LogP contribution in [0.15, 0.2) is 36.5 Å². The molecule has 6 nitrogen and oxygen atoms in total. The Balaban J connectivity index is 4.29. The lowest BCUT2D eigenvalue weighted by Gasteiger charge is -2.18. The number of carbonyl (C=O) groups is 3. The molecule has 0 heterocycles. The van der Waals surface area contributed by atoms with E-state index in [-0.39, 0.29) is 31.1 Å². The largest absolute Gasteiger partial charge is 0.462 e. The molecule has 0 spiro atoms. The number of ether oxygens (including phenoxy) is 3. The summed E-state index contributed by atoms with van der Waals surface area (Å²) < 4.78 is 17.0. The first kappa shape index (κ1) is 78.6. The summed E-state index contributed by atoms with van der Waals surface area (Å²) in [5.41, 5.74) is 0. The first-order valence-electron chi connectivity index (χ1n) is 36.5. The number of carbonyl (C=O) groups excluding carboxylic acids is 3. The van der Waals surface area contributed by atoms with Crippen molar-refractivity contribution in [3.8, 4) is 0 Å². The normalized spacial score (nSPS) is 12.2. The summed E-state index contributed by atoms with van der Waals surface area (Å²) in [6.45, 7) is 6.71. The van der Waals surface area contributed by atoms with Gasteiger partial charge in [0.1, 0.15) is 13.2 Å². The van der Waals surface area contributed by atoms with E-state index in [9.17, 15) is 14.4 Å². The van der Waals surface area contributed by atoms with Gasteiger partial charge in [0, 0.05) is 19.3 Å². The molecule has 0 N–H and O–H groups in total. The molecule has 81 heavy (non-hydrogen) atoms. The van der Waals surface area contributed by atoms with Gasteiger partial charge < -0.3 is 14.2 Å². The van der Waals surface area contributed by atoms with Gasteiger partial charge in [-0.3, -0.25) is 14.4 Å². The van der Waals surface area contributed by atoms with E-state index in [0.29, 0.717) is 19.3 Å². The quantitative estimate of drug-likeness (QED) is 0.0261. The molecule has 476 valence electrons. The SMILES string of the molecule is CCCCCCCC/C=C\CCCCCCCCCC(=O)OCC(COC(=O)CCCCCCCCCCCCCCC/C=C\CCCCCCCCCC)OC(=O)CCCCCCCCCCC/C=C\CCCCCCCCCC. The van der Waals surface area contributed by atoms with E-state index >= 15 is 0 Å². The molecule has 6 heteroatoms. The second kappa shape index (κ2) is 70.1. The fourth-order valence-corrected chi connectivity index (χ4v) is 11.1. The van der Waals surface area contributed by atoms with Crippen LogP contribution >= 0.6 is 0 Å². The molecule has 0 aromatic carbocycles. The van der Waals surface area contributed by atoms with E-state index in [2.05, 4.69) is 57.2 Å². The highest BCUT2D eigenvalue weighted by Crippen LogP contribution is 2.18. The van der Waals surface area contributed by atoms with Gasteiger partial charge in [0.15, 0.2) is 6.10 Å². The Morgan fingerprint density at radius 2 is 0.407 bits per heavy atom. The Hall–Kier alpha value is -2.37. The number of hydrogen-bond acceptors (Lipinski definition) is 6. The molecule has 0 bridgehead atoms. The summed E-state index contributed by atoms with van der Waals surface area (Å²) in [4.78, 5) is 38.5. The molecule has 0 radical (unpaired) electrons. The van der Waals surface area contributed by atoms with Crippen molar-refractivity contribution < 1.29 is 28.6 Å². The molecule has 0 rings (SSSR count). The minimum atomic E-state index is -0.775. The van der Waals surface area contributed by atoms with E-state index in [1.165, 1.54) is 308 Å². The van der Waals surface area contributed by atoms with E-state index < -0.39 is 6.10 Å². The van der Waals surface area contributed by atoms with Crippen LogP contribution in [0.25, 0.3) is 0 Å². The lowest BCUT2D eigenvalue weighted by Crippen LogP contribution is -2.30. The van der Waals surface area contributed by atoms with Crippen LogP contribution < -0.4 is 0 Å². The number of allylic oxidation sites excluding steroid dienone is 6.